The van der Waals surface area contributed by atoms with Crippen LogP contribution in [0.5, 0.6) is 0 Å². The van der Waals surface area contributed by atoms with Crippen LogP contribution in [0.2, 0.25) is 0 Å². The Balaban J connectivity index is 1.44. The lowest BCUT2D eigenvalue weighted by Gasteiger charge is -2.40. The van der Waals surface area contributed by atoms with Gasteiger partial charge in [0.25, 0.3) is 5.91 Å². The predicted octanol–water partition coefficient (Wildman–Crippen LogP) is 4.17. The molecule has 1 saturated heterocycles. The van der Waals surface area contributed by atoms with Crippen molar-refractivity contribution < 1.29 is 37.4 Å². The van der Waals surface area contributed by atoms with Crippen LogP contribution in [0.15, 0.2) is 59.8 Å². The Morgan fingerprint density at radius 1 is 1.02 bits per heavy atom. The second-order valence-electron chi connectivity index (χ2n) is 10.5. The SMILES string of the molecule is CCC1=C(C(=O)NCCCN2CCC(C(=O)OC)(c3ccccc3)CC2)C(c2ccc(F)c(F)c2)N(C(=O)OC)C(=O)N1. The van der Waals surface area contributed by atoms with Crippen LogP contribution in [-0.4, -0.2) is 74.2 Å². The largest absolute Gasteiger partial charge is 0.468 e. The molecule has 1 unspecified atom stereocenters. The fourth-order valence-corrected chi connectivity index (χ4v) is 5.81. The van der Waals surface area contributed by atoms with Crippen molar-refractivity contribution in [1.82, 2.24) is 20.4 Å². The fourth-order valence-electron chi connectivity index (χ4n) is 5.81. The third kappa shape index (κ3) is 6.53. The Hall–Kier alpha value is -4.32. The normalized spacial score (nSPS) is 18.6. The lowest BCUT2D eigenvalue weighted by atomic mass is 9.72. The second kappa shape index (κ2) is 13.8. The number of nitrogens with one attached hydrogen (secondary N) is 2. The minimum absolute atomic E-state index is 0.0298. The maximum absolute atomic E-state index is 14.2. The number of carbonyl (C=O) groups is 4. The van der Waals surface area contributed by atoms with Crippen molar-refractivity contribution in [3.05, 3.63) is 82.6 Å². The van der Waals surface area contributed by atoms with E-state index in [0.717, 1.165) is 24.8 Å². The van der Waals surface area contributed by atoms with Crippen molar-refractivity contribution in [3.63, 3.8) is 0 Å². The highest BCUT2D eigenvalue weighted by Gasteiger charge is 2.44. The number of rotatable bonds is 9. The standard InChI is InChI=1S/C31H36F2N4O6/c1-4-24-25(26(20-11-12-22(32)23(33)19-20)37(29(40)35-24)30(41)43-3)27(38)34-15-8-16-36-17-13-31(14-18-36,28(39)42-2)21-9-6-5-7-10-21/h5-7,9-12,19,26H,4,8,13-18H2,1-3H3,(H,34,38)(H,35,40). The topological polar surface area (TPSA) is 117 Å². The van der Waals surface area contributed by atoms with Gasteiger partial charge in [-0.15, -0.1) is 0 Å². The number of esters is 1. The van der Waals surface area contributed by atoms with E-state index in [1.807, 2.05) is 30.3 Å². The molecule has 1 atom stereocenters. The zero-order valence-electron chi connectivity index (χ0n) is 24.5. The summed E-state index contributed by atoms with van der Waals surface area (Å²) in [7, 11) is 2.48. The number of hydrogen-bond donors (Lipinski definition) is 2. The molecular weight excluding hydrogens is 562 g/mol. The van der Waals surface area contributed by atoms with Crippen molar-refractivity contribution in [2.45, 2.75) is 44.1 Å². The molecule has 0 spiro atoms. The van der Waals surface area contributed by atoms with Gasteiger partial charge >= 0.3 is 18.1 Å². The van der Waals surface area contributed by atoms with Crippen LogP contribution in [0.25, 0.3) is 0 Å². The summed E-state index contributed by atoms with van der Waals surface area (Å²) in [5, 5.41) is 5.40. The highest BCUT2D eigenvalue weighted by atomic mass is 19.2. The minimum atomic E-state index is -1.34. The number of nitrogens with zero attached hydrogens (tertiary/aromatic N) is 2. The molecule has 0 saturated carbocycles. The molecule has 2 aromatic carbocycles. The van der Waals surface area contributed by atoms with E-state index in [1.54, 1.807) is 6.92 Å². The summed E-state index contributed by atoms with van der Waals surface area (Å²) in [5.41, 5.74) is 0.562. The summed E-state index contributed by atoms with van der Waals surface area (Å²) >= 11 is 0. The number of piperidine rings is 1. The van der Waals surface area contributed by atoms with Gasteiger partial charge < -0.3 is 25.0 Å². The van der Waals surface area contributed by atoms with Gasteiger partial charge in [0.05, 0.1) is 25.2 Å². The van der Waals surface area contributed by atoms with Gasteiger partial charge in [-0.05, 0) is 68.6 Å². The molecule has 10 nitrogen and oxygen atoms in total. The molecule has 0 aliphatic carbocycles. The molecule has 4 amide bonds. The molecule has 0 radical (unpaired) electrons. The van der Waals surface area contributed by atoms with Gasteiger partial charge in [0.2, 0.25) is 0 Å². The van der Waals surface area contributed by atoms with Gasteiger partial charge in [0.1, 0.15) is 6.04 Å². The van der Waals surface area contributed by atoms with Crippen molar-refractivity contribution in [3.8, 4) is 0 Å². The number of methoxy groups -OCH3 is 2. The highest BCUT2D eigenvalue weighted by Crippen LogP contribution is 2.37. The van der Waals surface area contributed by atoms with E-state index in [4.69, 9.17) is 9.47 Å². The van der Waals surface area contributed by atoms with Gasteiger partial charge in [-0.3, -0.25) is 9.59 Å². The molecule has 1 fully saturated rings. The zero-order valence-corrected chi connectivity index (χ0v) is 24.5. The van der Waals surface area contributed by atoms with Crippen molar-refractivity contribution in [1.29, 1.82) is 0 Å². The summed E-state index contributed by atoms with van der Waals surface area (Å²) in [6.07, 6.45) is 0.959. The van der Waals surface area contributed by atoms with Crippen LogP contribution in [-0.2, 0) is 24.5 Å². The number of likely N-dealkylation sites (tertiary alicyclic amines) is 1. The van der Waals surface area contributed by atoms with Gasteiger partial charge in [-0.2, -0.15) is 0 Å². The molecule has 2 N–H and O–H groups in total. The van der Waals surface area contributed by atoms with Crippen molar-refractivity contribution in [2.24, 2.45) is 0 Å². The Morgan fingerprint density at radius 2 is 1.72 bits per heavy atom. The van der Waals surface area contributed by atoms with E-state index < -0.39 is 41.1 Å². The number of urea groups is 1. The lowest BCUT2D eigenvalue weighted by Crippen LogP contribution is -2.52. The Morgan fingerprint density at radius 3 is 2.33 bits per heavy atom. The monoisotopic (exact) mass is 598 g/mol. The number of ether oxygens (including phenoxy) is 2. The van der Waals surface area contributed by atoms with Crippen LogP contribution in [0.3, 0.4) is 0 Å². The first-order chi connectivity index (χ1) is 20.7. The highest BCUT2D eigenvalue weighted by molar-refractivity contribution is 6.02. The molecule has 230 valence electrons. The van der Waals surface area contributed by atoms with Gasteiger partial charge in [-0.1, -0.05) is 43.3 Å². The third-order valence-electron chi connectivity index (χ3n) is 8.11. The first kappa shape index (κ1) is 31.6. The minimum Gasteiger partial charge on any atom is -0.468 e. The Kier molecular flexibility index (Phi) is 10.1. The predicted molar refractivity (Wildman–Crippen MR) is 153 cm³/mol. The van der Waals surface area contributed by atoms with Crippen molar-refractivity contribution in [2.75, 3.05) is 40.4 Å². The average Bonchev–Trinajstić information content (AvgIpc) is 3.03. The molecule has 0 aromatic heterocycles. The maximum atomic E-state index is 14.2. The summed E-state index contributed by atoms with van der Waals surface area (Å²) in [5.74, 6) is -3.10. The maximum Gasteiger partial charge on any atom is 0.418 e. The van der Waals surface area contributed by atoms with E-state index in [-0.39, 0.29) is 35.8 Å². The number of carbonyl (C=O) groups excluding carboxylic acids is 4. The number of halogens is 2. The molecule has 4 rings (SSSR count). The van der Waals surface area contributed by atoms with Gasteiger partial charge in [0, 0.05) is 12.2 Å². The fraction of sp³-hybridized carbons (Fsp3) is 0.419. The number of hydrogen-bond acceptors (Lipinski definition) is 7. The van der Waals surface area contributed by atoms with Gasteiger partial charge in [-0.25, -0.2) is 23.3 Å². The Labute approximate surface area is 249 Å². The molecule has 2 aliphatic heterocycles. The van der Waals surface area contributed by atoms with Crippen molar-refractivity contribution >= 4 is 24.0 Å². The van der Waals surface area contributed by atoms with Crippen LogP contribution in [0.4, 0.5) is 18.4 Å². The molecule has 12 heteroatoms. The third-order valence-corrected chi connectivity index (χ3v) is 8.11. The summed E-state index contributed by atoms with van der Waals surface area (Å²) in [4.78, 5) is 54.7. The molecule has 2 heterocycles. The summed E-state index contributed by atoms with van der Waals surface area (Å²) < 4.78 is 37.9. The summed E-state index contributed by atoms with van der Waals surface area (Å²) in [6, 6.07) is 10.4. The lowest BCUT2D eigenvalue weighted by molar-refractivity contribution is -0.149. The zero-order chi connectivity index (χ0) is 31.1. The number of amides is 4. The van der Waals surface area contributed by atoms with E-state index in [2.05, 4.69) is 15.5 Å². The number of allylic oxidation sites excluding steroid dienone is 1. The molecular formula is C31H36F2N4O6. The number of imide groups is 1. The smallest absolute Gasteiger partial charge is 0.418 e. The van der Waals surface area contributed by atoms with Crippen LogP contribution in [0.1, 0.15) is 49.8 Å². The Bertz CT molecular complexity index is 1390. The van der Waals surface area contributed by atoms with E-state index >= 15 is 0 Å². The average molecular weight is 599 g/mol. The first-order valence-corrected chi connectivity index (χ1v) is 14.2. The van der Waals surface area contributed by atoms with Crippen LogP contribution >= 0.6 is 0 Å². The second-order valence-corrected chi connectivity index (χ2v) is 10.5. The van der Waals surface area contributed by atoms with Crippen LogP contribution < -0.4 is 10.6 Å². The number of benzene rings is 2. The quantitative estimate of drug-likeness (QED) is 0.329. The van der Waals surface area contributed by atoms with E-state index in [0.29, 0.717) is 43.8 Å². The molecule has 0 bridgehead atoms. The summed E-state index contributed by atoms with van der Waals surface area (Å²) in [6.45, 7) is 3.99. The van der Waals surface area contributed by atoms with Gasteiger partial charge in [0.15, 0.2) is 11.6 Å². The van der Waals surface area contributed by atoms with Crippen LogP contribution in [0, 0.1) is 11.6 Å². The molecule has 2 aliphatic rings. The molecule has 2 aromatic rings. The van der Waals surface area contributed by atoms with E-state index in [1.165, 1.54) is 13.2 Å². The van der Waals surface area contributed by atoms with E-state index in [9.17, 15) is 28.0 Å². The first-order valence-electron chi connectivity index (χ1n) is 14.2. The molecule has 43 heavy (non-hydrogen) atoms.